The van der Waals surface area contributed by atoms with Crippen molar-refractivity contribution in [2.24, 2.45) is 0 Å². The lowest BCUT2D eigenvalue weighted by molar-refractivity contribution is -0.133. The van der Waals surface area contributed by atoms with Crippen LogP contribution >= 0.6 is 11.8 Å². The predicted octanol–water partition coefficient (Wildman–Crippen LogP) is 0.660. The standard InChI is InChI=1S/C10H13N5O2S/c1-8-4-12-15(5-8)3-2-14-7-11-13-10(14)18-6-9(16)17/h4-5,7H,2-3,6H2,1H3,(H,16,17). The molecular formula is C10H13N5O2S. The lowest BCUT2D eigenvalue weighted by Crippen LogP contribution is -2.09. The number of carbonyl (C=O) groups is 1. The monoisotopic (exact) mass is 267 g/mol. The van der Waals surface area contributed by atoms with E-state index < -0.39 is 5.97 Å². The van der Waals surface area contributed by atoms with E-state index in [1.807, 2.05) is 22.4 Å². The maximum atomic E-state index is 10.5. The number of carboxylic acid groups (broad SMARTS) is 1. The third-order valence-corrected chi connectivity index (χ3v) is 3.20. The SMILES string of the molecule is Cc1cnn(CCn2cnnc2SCC(=O)O)c1. The number of aliphatic carboxylic acids is 1. The largest absolute Gasteiger partial charge is 0.481 e. The fraction of sp³-hybridized carbons (Fsp3) is 0.400. The van der Waals surface area contributed by atoms with Gasteiger partial charge in [-0.25, -0.2) is 0 Å². The van der Waals surface area contributed by atoms with Crippen molar-refractivity contribution in [1.29, 1.82) is 0 Å². The van der Waals surface area contributed by atoms with E-state index in [0.29, 0.717) is 18.2 Å². The maximum Gasteiger partial charge on any atom is 0.313 e. The van der Waals surface area contributed by atoms with Gasteiger partial charge in [0.15, 0.2) is 5.16 Å². The van der Waals surface area contributed by atoms with Crippen LogP contribution in [0.25, 0.3) is 0 Å². The van der Waals surface area contributed by atoms with Crippen LogP contribution in [0.1, 0.15) is 5.56 Å². The van der Waals surface area contributed by atoms with Gasteiger partial charge in [-0.3, -0.25) is 9.48 Å². The van der Waals surface area contributed by atoms with Crippen LogP contribution in [-0.2, 0) is 17.9 Å². The van der Waals surface area contributed by atoms with E-state index in [0.717, 1.165) is 17.3 Å². The van der Waals surface area contributed by atoms with Crippen molar-refractivity contribution in [3.05, 3.63) is 24.3 Å². The molecule has 0 saturated heterocycles. The Morgan fingerprint density at radius 1 is 1.50 bits per heavy atom. The minimum absolute atomic E-state index is 0.0143. The molecule has 2 aromatic rings. The number of hydrogen-bond acceptors (Lipinski definition) is 5. The van der Waals surface area contributed by atoms with Crippen LogP contribution in [-0.4, -0.2) is 41.4 Å². The summed E-state index contributed by atoms with van der Waals surface area (Å²) in [5.74, 6) is -0.878. The van der Waals surface area contributed by atoms with E-state index >= 15 is 0 Å². The van der Waals surface area contributed by atoms with Crippen LogP contribution in [0, 0.1) is 6.92 Å². The van der Waals surface area contributed by atoms with Gasteiger partial charge in [0, 0.05) is 12.7 Å². The first-order valence-corrected chi connectivity index (χ1v) is 6.35. The Balaban J connectivity index is 1.93. The highest BCUT2D eigenvalue weighted by molar-refractivity contribution is 7.99. The van der Waals surface area contributed by atoms with Gasteiger partial charge in [0.25, 0.3) is 0 Å². The van der Waals surface area contributed by atoms with Crippen molar-refractivity contribution in [2.75, 3.05) is 5.75 Å². The zero-order valence-corrected chi connectivity index (χ0v) is 10.7. The second-order valence-electron chi connectivity index (χ2n) is 3.77. The first-order valence-electron chi connectivity index (χ1n) is 5.36. The van der Waals surface area contributed by atoms with E-state index in [2.05, 4.69) is 15.3 Å². The van der Waals surface area contributed by atoms with Crippen molar-refractivity contribution in [3.8, 4) is 0 Å². The highest BCUT2D eigenvalue weighted by atomic mass is 32.2. The topological polar surface area (TPSA) is 85.8 Å². The Hall–Kier alpha value is -1.83. The fourth-order valence-electron chi connectivity index (χ4n) is 1.44. The molecule has 2 heterocycles. The summed E-state index contributed by atoms with van der Waals surface area (Å²) in [6, 6.07) is 0. The van der Waals surface area contributed by atoms with Gasteiger partial charge in [0.05, 0.1) is 18.5 Å². The zero-order valence-electron chi connectivity index (χ0n) is 9.85. The second kappa shape index (κ2) is 5.67. The molecule has 0 aromatic carbocycles. The van der Waals surface area contributed by atoms with E-state index in [9.17, 15) is 4.79 Å². The molecule has 2 aromatic heterocycles. The Morgan fingerprint density at radius 3 is 3.00 bits per heavy atom. The summed E-state index contributed by atoms with van der Waals surface area (Å²) in [6.45, 7) is 3.35. The Kier molecular flexibility index (Phi) is 3.98. The van der Waals surface area contributed by atoms with Crippen LogP contribution in [0.3, 0.4) is 0 Å². The van der Waals surface area contributed by atoms with Crippen molar-refractivity contribution >= 4 is 17.7 Å². The molecular weight excluding hydrogens is 254 g/mol. The van der Waals surface area contributed by atoms with Gasteiger partial charge in [-0.1, -0.05) is 11.8 Å². The molecule has 2 rings (SSSR count). The summed E-state index contributed by atoms with van der Waals surface area (Å²) >= 11 is 1.16. The lowest BCUT2D eigenvalue weighted by atomic mass is 10.4. The van der Waals surface area contributed by atoms with Gasteiger partial charge in [0.2, 0.25) is 0 Å². The quantitative estimate of drug-likeness (QED) is 0.774. The molecule has 0 amide bonds. The first kappa shape index (κ1) is 12.6. The third-order valence-electron chi connectivity index (χ3n) is 2.24. The average molecular weight is 267 g/mol. The van der Waals surface area contributed by atoms with Gasteiger partial charge in [-0.05, 0) is 12.5 Å². The summed E-state index contributed by atoms with van der Waals surface area (Å²) in [6.07, 6.45) is 5.35. The van der Waals surface area contributed by atoms with Crippen LogP contribution in [0.2, 0.25) is 0 Å². The Morgan fingerprint density at radius 2 is 2.33 bits per heavy atom. The molecule has 18 heavy (non-hydrogen) atoms. The third kappa shape index (κ3) is 3.33. The first-order chi connectivity index (χ1) is 8.65. The molecule has 96 valence electrons. The molecule has 0 aliphatic rings. The molecule has 0 spiro atoms. The number of carboxylic acids is 1. The van der Waals surface area contributed by atoms with Crippen molar-refractivity contribution in [1.82, 2.24) is 24.5 Å². The number of hydrogen-bond donors (Lipinski definition) is 1. The van der Waals surface area contributed by atoms with E-state index in [-0.39, 0.29) is 5.75 Å². The average Bonchev–Trinajstić information content (AvgIpc) is 2.92. The van der Waals surface area contributed by atoms with Crippen molar-refractivity contribution in [2.45, 2.75) is 25.2 Å². The van der Waals surface area contributed by atoms with Crippen LogP contribution in [0.15, 0.2) is 23.9 Å². The van der Waals surface area contributed by atoms with Gasteiger partial charge in [-0.15, -0.1) is 10.2 Å². The zero-order chi connectivity index (χ0) is 13.0. The van der Waals surface area contributed by atoms with E-state index in [4.69, 9.17) is 5.11 Å². The minimum atomic E-state index is -0.864. The normalized spacial score (nSPS) is 10.7. The van der Waals surface area contributed by atoms with E-state index in [1.54, 1.807) is 12.5 Å². The molecule has 8 heteroatoms. The highest BCUT2D eigenvalue weighted by Gasteiger charge is 2.07. The number of nitrogens with zero attached hydrogens (tertiary/aromatic N) is 5. The van der Waals surface area contributed by atoms with Crippen LogP contribution in [0.4, 0.5) is 0 Å². The molecule has 0 saturated carbocycles. The lowest BCUT2D eigenvalue weighted by Gasteiger charge is -2.05. The van der Waals surface area contributed by atoms with Gasteiger partial charge < -0.3 is 9.67 Å². The summed E-state index contributed by atoms with van der Waals surface area (Å²) in [5, 5.41) is 21.1. The molecule has 0 bridgehead atoms. The summed E-state index contributed by atoms with van der Waals surface area (Å²) in [4.78, 5) is 10.5. The summed E-state index contributed by atoms with van der Waals surface area (Å²) in [7, 11) is 0. The molecule has 0 radical (unpaired) electrons. The molecule has 0 aliphatic heterocycles. The van der Waals surface area contributed by atoms with E-state index in [1.165, 1.54) is 0 Å². The number of rotatable bonds is 6. The van der Waals surface area contributed by atoms with Crippen molar-refractivity contribution in [3.63, 3.8) is 0 Å². The molecule has 0 atom stereocenters. The fourth-order valence-corrected chi connectivity index (χ4v) is 2.10. The van der Waals surface area contributed by atoms with Gasteiger partial charge >= 0.3 is 5.97 Å². The second-order valence-corrected chi connectivity index (χ2v) is 4.71. The van der Waals surface area contributed by atoms with Crippen molar-refractivity contribution < 1.29 is 9.90 Å². The van der Waals surface area contributed by atoms with Crippen LogP contribution < -0.4 is 0 Å². The smallest absolute Gasteiger partial charge is 0.313 e. The summed E-state index contributed by atoms with van der Waals surface area (Å²) < 4.78 is 3.66. The minimum Gasteiger partial charge on any atom is -0.481 e. The number of thioether (sulfide) groups is 1. The molecule has 7 nitrogen and oxygen atoms in total. The summed E-state index contributed by atoms with van der Waals surface area (Å²) in [5.41, 5.74) is 1.11. The molecule has 0 unspecified atom stereocenters. The van der Waals surface area contributed by atoms with Gasteiger partial charge in [-0.2, -0.15) is 5.10 Å². The Labute approximate surface area is 108 Å². The number of aryl methyl sites for hydroxylation is 3. The molecule has 0 aliphatic carbocycles. The highest BCUT2D eigenvalue weighted by Crippen LogP contribution is 2.14. The predicted molar refractivity (Wildman–Crippen MR) is 65.3 cm³/mol. The molecule has 1 N–H and O–H groups in total. The van der Waals surface area contributed by atoms with Gasteiger partial charge in [0.1, 0.15) is 6.33 Å². The van der Waals surface area contributed by atoms with Crippen LogP contribution in [0.5, 0.6) is 0 Å². The number of aromatic nitrogens is 5. The molecule has 0 fully saturated rings. The maximum absolute atomic E-state index is 10.5. The Bertz CT molecular complexity index is 536.